The third-order valence-corrected chi connectivity index (χ3v) is 3.13. The second-order valence-corrected chi connectivity index (χ2v) is 4.61. The lowest BCUT2D eigenvalue weighted by Crippen LogP contribution is -2.02. The molecular formula is C13H16N2O2S. The number of hydrogen-bond donors (Lipinski definition) is 1. The molecule has 1 aromatic carbocycles. The van der Waals surface area contributed by atoms with E-state index in [0.29, 0.717) is 19.8 Å². The van der Waals surface area contributed by atoms with Crippen LogP contribution in [0.3, 0.4) is 0 Å². The lowest BCUT2D eigenvalue weighted by atomic mass is 10.2. The first-order valence-corrected chi connectivity index (χ1v) is 6.68. The van der Waals surface area contributed by atoms with Gasteiger partial charge in [0, 0.05) is 18.1 Å². The summed E-state index contributed by atoms with van der Waals surface area (Å²) >= 11 is 1.57. The van der Waals surface area contributed by atoms with Crippen LogP contribution < -0.4 is 15.2 Å². The van der Waals surface area contributed by atoms with E-state index in [1.54, 1.807) is 17.5 Å². The zero-order chi connectivity index (χ0) is 12.8. The first kappa shape index (κ1) is 12.9. The molecule has 0 atom stereocenters. The lowest BCUT2D eigenvalue weighted by molar-refractivity contribution is 0.268. The van der Waals surface area contributed by atoms with Crippen molar-refractivity contribution in [1.82, 2.24) is 4.98 Å². The lowest BCUT2D eigenvalue weighted by Gasteiger charge is -2.12. The molecule has 0 amide bonds. The van der Waals surface area contributed by atoms with Crippen molar-refractivity contribution < 1.29 is 9.47 Å². The minimum atomic E-state index is 0.458. The highest BCUT2D eigenvalue weighted by atomic mass is 32.1. The number of rotatable bonds is 6. The number of benzene rings is 1. The van der Waals surface area contributed by atoms with E-state index in [-0.39, 0.29) is 0 Å². The van der Waals surface area contributed by atoms with Gasteiger partial charge in [-0.15, -0.1) is 11.3 Å². The van der Waals surface area contributed by atoms with Crippen molar-refractivity contribution in [1.29, 1.82) is 0 Å². The summed E-state index contributed by atoms with van der Waals surface area (Å²) in [4.78, 5) is 4.17. The SMILES string of the molecule is CCOc1cc(CN)ccc1OCc1nccs1. The molecule has 0 spiro atoms. The van der Waals surface area contributed by atoms with Crippen LogP contribution in [-0.2, 0) is 13.2 Å². The molecule has 18 heavy (non-hydrogen) atoms. The summed E-state index contributed by atoms with van der Waals surface area (Å²) < 4.78 is 11.3. The van der Waals surface area contributed by atoms with Crippen LogP contribution >= 0.6 is 11.3 Å². The minimum absolute atomic E-state index is 0.458. The second kappa shape index (κ2) is 6.37. The second-order valence-electron chi connectivity index (χ2n) is 3.63. The molecule has 0 saturated heterocycles. The third-order valence-electron chi connectivity index (χ3n) is 2.38. The van der Waals surface area contributed by atoms with Crippen molar-refractivity contribution in [2.24, 2.45) is 5.73 Å². The van der Waals surface area contributed by atoms with E-state index in [2.05, 4.69) is 4.98 Å². The molecule has 2 N–H and O–H groups in total. The van der Waals surface area contributed by atoms with Crippen LogP contribution in [0.2, 0.25) is 0 Å². The van der Waals surface area contributed by atoms with Gasteiger partial charge in [-0.2, -0.15) is 0 Å². The first-order valence-electron chi connectivity index (χ1n) is 5.80. The summed E-state index contributed by atoms with van der Waals surface area (Å²) in [6, 6.07) is 5.75. The van der Waals surface area contributed by atoms with E-state index in [0.717, 1.165) is 22.1 Å². The molecule has 2 aromatic rings. The number of nitrogens with two attached hydrogens (primary N) is 1. The van der Waals surface area contributed by atoms with Gasteiger partial charge in [0.05, 0.1) is 6.61 Å². The van der Waals surface area contributed by atoms with Crippen LogP contribution in [0.4, 0.5) is 0 Å². The predicted octanol–water partition coefficient (Wildman–Crippen LogP) is 2.58. The van der Waals surface area contributed by atoms with Crippen LogP contribution in [0.1, 0.15) is 17.5 Å². The molecule has 0 radical (unpaired) electrons. The van der Waals surface area contributed by atoms with Crippen LogP contribution in [0.5, 0.6) is 11.5 Å². The van der Waals surface area contributed by atoms with Crippen molar-refractivity contribution >= 4 is 11.3 Å². The van der Waals surface area contributed by atoms with Gasteiger partial charge in [0.15, 0.2) is 11.5 Å². The van der Waals surface area contributed by atoms with Gasteiger partial charge in [0.25, 0.3) is 0 Å². The van der Waals surface area contributed by atoms with Crippen LogP contribution in [-0.4, -0.2) is 11.6 Å². The Bertz CT molecular complexity index is 486. The molecule has 5 heteroatoms. The topological polar surface area (TPSA) is 57.4 Å². The van der Waals surface area contributed by atoms with Gasteiger partial charge >= 0.3 is 0 Å². The maximum Gasteiger partial charge on any atom is 0.161 e. The summed E-state index contributed by atoms with van der Waals surface area (Å²) in [6.07, 6.45) is 1.77. The molecule has 96 valence electrons. The van der Waals surface area contributed by atoms with Gasteiger partial charge in [-0.3, -0.25) is 0 Å². The molecule has 0 unspecified atom stereocenters. The summed E-state index contributed by atoms with van der Waals surface area (Å²) in [7, 11) is 0. The largest absolute Gasteiger partial charge is 0.490 e. The smallest absolute Gasteiger partial charge is 0.161 e. The van der Waals surface area contributed by atoms with E-state index in [9.17, 15) is 0 Å². The van der Waals surface area contributed by atoms with Gasteiger partial charge in [-0.1, -0.05) is 6.07 Å². The third kappa shape index (κ3) is 3.21. The highest BCUT2D eigenvalue weighted by Crippen LogP contribution is 2.29. The molecule has 0 aliphatic rings. The summed E-state index contributed by atoms with van der Waals surface area (Å²) in [5, 5.41) is 2.87. The highest BCUT2D eigenvalue weighted by molar-refractivity contribution is 7.09. The summed E-state index contributed by atoms with van der Waals surface area (Å²) in [5.41, 5.74) is 6.64. The van der Waals surface area contributed by atoms with Gasteiger partial charge in [-0.25, -0.2) is 4.98 Å². The van der Waals surface area contributed by atoms with Gasteiger partial charge in [0.1, 0.15) is 11.6 Å². The monoisotopic (exact) mass is 264 g/mol. The molecule has 0 saturated carbocycles. The Hall–Kier alpha value is -1.59. The van der Waals surface area contributed by atoms with Crippen molar-refractivity contribution in [3.05, 3.63) is 40.3 Å². The van der Waals surface area contributed by atoms with E-state index in [4.69, 9.17) is 15.2 Å². The zero-order valence-electron chi connectivity index (χ0n) is 10.3. The molecule has 0 fully saturated rings. The normalized spacial score (nSPS) is 10.3. The molecular weight excluding hydrogens is 248 g/mol. The van der Waals surface area contributed by atoms with E-state index < -0.39 is 0 Å². The minimum Gasteiger partial charge on any atom is -0.490 e. The fourth-order valence-electron chi connectivity index (χ4n) is 1.53. The Kier molecular flexibility index (Phi) is 4.55. The summed E-state index contributed by atoms with van der Waals surface area (Å²) in [5.74, 6) is 1.46. The number of ether oxygens (including phenoxy) is 2. The predicted molar refractivity (Wildman–Crippen MR) is 71.9 cm³/mol. The van der Waals surface area contributed by atoms with Gasteiger partial charge < -0.3 is 15.2 Å². The van der Waals surface area contributed by atoms with E-state index in [1.165, 1.54) is 0 Å². The van der Waals surface area contributed by atoms with Crippen LogP contribution in [0.25, 0.3) is 0 Å². The Balaban J connectivity index is 2.10. The van der Waals surface area contributed by atoms with Gasteiger partial charge in [-0.05, 0) is 24.6 Å². The average molecular weight is 264 g/mol. The Morgan fingerprint density at radius 2 is 2.17 bits per heavy atom. The molecule has 1 aromatic heterocycles. The quantitative estimate of drug-likeness (QED) is 0.871. The number of hydrogen-bond acceptors (Lipinski definition) is 5. The molecule has 4 nitrogen and oxygen atoms in total. The fraction of sp³-hybridized carbons (Fsp3) is 0.308. The fourth-order valence-corrected chi connectivity index (χ4v) is 2.06. The molecule has 0 aliphatic carbocycles. The maximum atomic E-state index is 5.72. The first-order chi connectivity index (χ1) is 8.83. The highest BCUT2D eigenvalue weighted by Gasteiger charge is 2.07. The van der Waals surface area contributed by atoms with Crippen LogP contribution in [0, 0.1) is 0 Å². The number of aromatic nitrogens is 1. The molecule has 0 bridgehead atoms. The average Bonchev–Trinajstić information content (AvgIpc) is 2.90. The molecule has 1 heterocycles. The summed E-state index contributed by atoms with van der Waals surface area (Å²) in [6.45, 7) is 3.49. The van der Waals surface area contributed by atoms with Crippen molar-refractivity contribution in [2.45, 2.75) is 20.1 Å². The zero-order valence-corrected chi connectivity index (χ0v) is 11.1. The van der Waals surface area contributed by atoms with E-state index >= 15 is 0 Å². The molecule has 2 rings (SSSR count). The molecule has 0 aliphatic heterocycles. The van der Waals surface area contributed by atoms with E-state index in [1.807, 2.05) is 30.5 Å². The van der Waals surface area contributed by atoms with Crippen LogP contribution in [0.15, 0.2) is 29.8 Å². The maximum absolute atomic E-state index is 5.72. The Morgan fingerprint density at radius 3 is 2.83 bits per heavy atom. The number of thiazole rings is 1. The Morgan fingerprint density at radius 1 is 1.28 bits per heavy atom. The Labute approximate surface area is 110 Å². The van der Waals surface area contributed by atoms with Crippen molar-refractivity contribution in [2.75, 3.05) is 6.61 Å². The van der Waals surface area contributed by atoms with Crippen molar-refractivity contribution in [3.63, 3.8) is 0 Å². The number of nitrogens with zero attached hydrogens (tertiary/aromatic N) is 1. The van der Waals surface area contributed by atoms with Crippen molar-refractivity contribution in [3.8, 4) is 11.5 Å². The standard InChI is InChI=1S/C13H16N2O2S/c1-2-16-12-7-10(8-14)3-4-11(12)17-9-13-15-5-6-18-13/h3-7H,2,8-9,14H2,1H3. The van der Waals surface area contributed by atoms with Gasteiger partial charge in [0.2, 0.25) is 0 Å².